The third-order valence-electron chi connectivity index (χ3n) is 2.82. The van der Waals surface area contributed by atoms with Crippen LogP contribution in [0.25, 0.3) is 10.6 Å². The summed E-state index contributed by atoms with van der Waals surface area (Å²) >= 11 is 1.38. The third kappa shape index (κ3) is 4.12. The molecule has 2 aromatic heterocycles. The number of hydrogen-bond acceptors (Lipinski definition) is 6. The minimum Gasteiger partial charge on any atom is -0.383 e. The molecular weight excluding hydrogens is 288 g/mol. The highest BCUT2D eigenvalue weighted by Gasteiger charge is 2.12. The van der Waals surface area contributed by atoms with Gasteiger partial charge in [-0.05, 0) is 18.1 Å². The van der Waals surface area contributed by atoms with Crippen LogP contribution in [0.2, 0.25) is 0 Å². The van der Waals surface area contributed by atoms with E-state index < -0.39 is 0 Å². The summed E-state index contributed by atoms with van der Waals surface area (Å²) in [5.74, 6) is 0.415. The van der Waals surface area contributed by atoms with Crippen molar-refractivity contribution in [3.05, 3.63) is 28.7 Å². The summed E-state index contributed by atoms with van der Waals surface area (Å²) in [5, 5.41) is 12.6. The molecule has 0 atom stereocenters. The maximum absolute atomic E-state index is 12.4. The van der Waals surface area contributed by atoms with Crippen molar-refractivity contribution in [3.63, 3.8) is 0 Å². The Morgan fingerprint density at radius 3 is 2.95 bits per heavy atom. The van der Waals surface area contributed by atoms with Gasteiger partial charge in [-0.2, -0.15) is 0 Å². The maximum Gasteiger partial charge on any atom is 0.260 e. The lowest BCUT2D eigenvalue weighted by molar-refractivity contribution is 0.211. The molecule has 0 saturated carbocycles. The molecule has 114 valence electrons. The number of aromatic nitrogens is 3. The van der Waals surface area contributed by atoms with E-state index in [1.807, 2.05) is 12.3 Å². The number of nitrogens with one attached hydrogen (secondary N) is 1. The number of hydrogen-bond donors (Lipinski definition) is 1. The van der Waals surface area contributed by atoms with Crippen LogP contribution in [0, 0.1) is 5.92 Å². The van der Waals surface area contributed by atoms with E-state index >= 15 is 0 Å². The Morgan fingerprint density at radius 2 is 2.24 bits per heavy atom. The van der Waals surface area contributed by atoms with Crippen LogP contribution in [-0.2, 0) is 11.3 Å². The molecule has 2 heterocycles. The fraction of sp³-hybridized carbons (Fsp3) is 0.500. The molecule has 6 nitrogen and oxygen atoms in total. The number of pyridine rings is 1. The lowest BCUT2D eigenvalue weighted by Crippen LogP contribution is -2.22. The van der Waals surface area contributed by atoms with E-state index in [1.165, 1.54) is 11.3 Å². The van der Waals surface area contributed by atoms with E-state index in [0.717, 1.165) is 0 Å². The molecule has 0 saturated heterocycles. The van der Waals surface area contributed by atoms with Crippen LogP contribution >= 0.6 is 11.3 Å². The van der Waals surface area contributed by atoms with Gasteiger partial charge in [0, 0.05) is 26.4 Å². The van der Waals surface area contributed by atoms with Crippen molar-refractivity contribution in [2.24, 2.45) is 5.92 Å². The van der Waals surface area contributed by atoms with Crippen LogP contribution in [0.5, 0.6) is 0 Å². The van der Waals surface area contributed by atoms with Gasteiger partial charge in [-0.25, -0.2) is 0 Å². The van der Waals surface area contributed by atoms with Crippen molar-refractivity contribution in [1.29, 1.82) is 0 Å². The first-order valence-corrected chi connectivity index (χ1v) is 7.69. The quantitative estimate of drug-likeness (QED) is 0.793. The Bertz CT molecular complexity index is 636. The molecule has 0 aromatic carbocycles. The predicted octanol–water partition coefficient (Wildman–Crippen LogP) is 2.08. The molecule has 0 unspecified atom stereocenters. The van der Waals surface area contributed by atoms with Gasteiger partial charge in [0.2, 0.25) is 5.13 Å². The zero-order valence-electron chi connectivity index (χ0n) is 12.5. The molecule has 0 aliphatic rings. The second-order valence-corrected chi connectivity index (χ2v) is 6.08. The van der Waals surface area contributed by atoms with Crippen LogP contribution in [0.15, 0.2) is 23.1 Å². The highest BCUT2D eigenvalue weighted by Crippen LogP contribution is 2.23. The number of ether oxygens (including phenoxy) is 1. The molecule has 0 aliphatic heterocycles. The van der Waals surface area contributed by atoms with Crippen LogP contribution in [0.4, 0.5) is 5.13 Å². The first-order valence-electron chi connectivity index (χ1n) is 6.88. The van der Waals surface area contributed by atoms with Gasteiger partial charge in [0.1, 0.15) is 0 Å². The van der Waals surface area contributed by atoms with E-state index in [4.69, 9.17) is 4.74 Å². The lowest BCUT2D eigenvalue weighted by atomic mass is 10.2. The molecule has 0 spiro atoms. The number of nitrogens with zero attached hydrogens (tertiary/aromatic N) is 3. The normalized spacial score (nSPS) is 11.0. The Balaban J connectivity index is 2.20. The van der Waals surface area contributed by atoms with Crippen LogP contribution < -0.4 is 10.9 Å². The number of anilines is 1. The second kappa shape index (κ2) is 7.33. The van der Waals surface area contributed by atoms with Gasteiger partial charge < -0.3 is 14.6 Å². The molecule has 7 heteroatoms. The highest BCUT2D eigenvalue weighted by atomic mass is 32.1. The van der Waals surface area contributed by atoms with Crippen molar-refractivity contribution in [2.45, 2.75) is 20.4 Å². The molecule has 2 rings (SSSR count). The zero-order valence-corrected chi connectivity index (χ0v) is 13.3. The minimum absolute atomic E-state index is 0.0224. The summed E-state index contributed by atoms with van der Waals surface area (Å²) in [6.45, 7) is 6.13. The molecular formula is C14H20N4O2S. The molecule has 0 fully saturated rings. The summed E-state index contributed by atoms with van der Waals surface area (Å²) in [7, 11) is 1.65. The fourth-order valence-corrected chi connectivity index (χ4v) is 2.69. The smallest absolute Gasteiger partial charge is 0.260 e. The van der Waals surface area contributed by atoms with Crippen LogP contribution in [-0.4, -0.2) is 35.0 Å². The molecule has 0 bridgehead atoms. The molecule has 2 aromatic rings. The fourth-order valence-electron chi connectivity index (χ4n) is 1.90. The molecule has 0 radical (unpaired) electrons. The van der Waals surface area contributed by atoms with Gasteiger partial charge >= 0.3 is 0 Å². The third-order valence-corrected chi connectivity index (χ3v) is 3.73. The Kier molecular flexibility index (Phi) is 5.46. The van der Waals surface area contributed by atoms with E-state index in [1.54, 1.807) is 17.7 Å². The maximum atomic E-state index is 12.4. The van der Waals surface area contributed by atoms with E-state index in [-0.39, 0.29) is 5.56 Å². The molecule has 21 heavy (non-hydrogen) atoms. The molecule has 0 aliphatic carbocycles. The van der Waals surface area contributed by atoms with Crippen molar-refractivity contribution in [1.82, 2.24) is 14.8 Å². The van der Waals surface area contributed by atoms with Crippen molar-refractivity contribution in [3.8, 4) is 10.6 Å². The summed E-state index contributed by atoms with van der Waals surface area (Å²) in [4.78, 5) is 12.4. The van der Waals surface area contributed by atoms with Gasteiger partial charge in [-0.15, -0.1) is 10.2 Å². The zero-order chi connectivity index (χ0) is 15.2. The van der Waals surface area contributed by atoms with E-state index in [0.29, 0.717) is 41.3 Å². The average Bonchev–Trinajstić information content (AvgIpc) is 2.90. The Labute approximate surface area is 127 Å². The summed E-state index contributed by atoms with van der Waals surface area (Å²) in [6.07, 6.45) is 1.81. The van der Waals surface area contributed by atoms with Gasteiger partial charge in [0.25, 0.3) is 5.56 Å². The number of rotatable bonds is 7. The summed E-state index contributed by atoms with van der Waals surface area (Å²) in [5.41, 5.74) is 0.571. The van der Waals surface area contributed by atoms with E-state index in [9.17, 15) is 4.79 Å². The van der Waals surface area contributed by atoms with Gasteiger partial charge in [-0.3, -0.25) is 4.79 Å². The SMILES string of the molecule is COCCNc1nnc(-c2cccn(CC(C)C)c2=O)s1. The summed E-state index contributed by atoms with van der Waals surface area (Å²) < 4.78 is 6.69. The largest absolute Gasteiger partial charge is 0.383 e. The summed E-state index contributed by atoms with van der Waals surface area (Å²) in [6, 6.07) is 3.66. The number of methoxy groups -OCH3 is 1. The minimum atomic E-state index is -0.0224. The highest BCUT2D eigenvalue weighted by molar-refractivity contribution is 7.18. The van der Waals surface area contributed by atoms with Gasteiger partial charge in [0.05, 0.1) is 12.2 Å². The molecule has 1 N–H and O–H groups in total. The topological polar surface area (TPSA) is 69.0 Å². The first-order chi connectivity index (χ1) is 10.1. The van der Waals surface area contributed by atoms with Crippen molar-refractivity contribution < 1.29 is 4.74 Å². The first kappa shape index (κ1) is 15.7. The van der Waals surface area contributed by atoms with Crippen molar-refractivity contribution >= 4 is 16.5 Å². The standard InChI is InChI=1S/C14H20N4O2S/c1-10(2)9-18-7-4-5-11(13(18)19)12-16-17-14(21-12)15-6-8-20-3/h4-5,7,10H,6,8-9H2,1-3H3,(H,15,17). The van der Waals surface area contributed by atoms with Crippen LogP contribution in [0.3, 0.4) is 0 Å². The van der Waals surface area contributed by atoms with Crippen molar-refractivity contribution in [2.75, 3.05) is 25.6 Å². The molecule has 0 amide bonds. The van der Waals surface area contributed by atoms with Crippen LogP contribution in [0.1, 0.15) is 13.8 Å². The Morgan fingerprint density at radius 1 is 1.43 bits per heavy atom. The Hall–Kier alpha value is -1.73. The van der Waals surface area contributed by atoms with Gasteiger partial charge in [0.15, 0.2) is 5.01 Å². The predicted molar refractivity (Wildman–Crippen MR) is 84.8 cm³/mol. The monoisotopic (exact) mass is 308 g/mol. The second-order valence-electron chi connectivity index (χ2n) is 5.11. The van der Waals surface area contributed by atoms with E-state index in [2.05, 4.69) is 29.4 Å². The van der Waals surface area contributed by atoms with Gasteiger partial charge in [-0.1, -0.05) is 25.2 Å². The lowest BCUT2D eigenvalue weighted by Gasteiger charge is -2.08. The average molecular weight is 308 g/mol.